The molecule has 122 valence electrons. The highest BCUT2D eigenvalue weighted by atomic mass is 16.5. The molecule has 2 heterocycles. The Balaban J connectivity index is 1.60. The Morgan fingerprint density at radius 3 is 3.13 bits per heavy atom. The molecule has 0 spiro atoms. The van der Waals surface area contributed by atoms with E-state index < -0.39 is 0 Å². The van der Waals surface area contributed by atoms with E-state index in [0.717, 1.165) is 38.1 Å². The van der Waals surface area contributed by atoms with E-state index in [1.807, 2.05) is 23.1 Å². The lowest BCUT2D eigenvalue weighted by Gasteiger charge is -2.33. The number of anilines is 1. The highest BCUT2D eigenvalue weighted by molar-refractivity contribution is 5.89. The van der Waals surface area contributed by atoms with Gasteiger partial charge in [0.15, 0.2) is 0 Å². The number of amides is 2. The van der Waals surface area contributed by atoms with Crippen molar-refractivity contribution in [1.82, 2.24) is 15.1 Å². The second-order valence-electron chi connectivity index (χ2n) is 5.89. The van der Waals surface area contributed by atoms with Crippen LogP contribution in [0.4, 0.5) is 10.5 Å². The molecular weight excluding hydrogens is 292 g/mol. The number of para-hydroxylation sites is 1. The minimum atomic E-state index is -0.0591. The Kier molecular flexibility index (Phi) is 4.80. The summed E-state index contributed by atoms with van der Waals surface area (Å²) in [5, 5.41) is 9.40. The fourth-order valence-corrected chi connectivity index (χ4v) is 3.12. The first kappa shape index (κ1) is 15.4. The van der Waals surface area contributed by atoms with E-state index in [1.54, 1.807) is 19.5 Å². The number of piperidine rings is 1. The first-order valence-corrected chi connectivity index (χ1v) is 7.93. The Morgan fingerprint density at radius 1 is 1.48 bits per heavy atom. The Hall–Kier alpha value is -2.50. The maximum atomic E-state index is 12.3. The van der Waals surface area contributed by atoms with E-state index in [0.29, 0.717) is 11.6 Å². The lowest BCUT2D eigenvalue weighted by molar-refractivity contribution is 0.177. The summed E-state index contributed by atoms with van der Waals surface area (Å²) in [6.07, 6.45) is 6.37. The van der Waals surface area contributed by atoms with Crippen LogP contribution in [-0.2, 0) is 6.42 Å². The number of aromatic nitrogens is 2. The number of nitrogens with zero attached hydrogens (tertiary/aromatic N) is 2. The Labute approximate surface area is 135 Å². The number of H-pyrrole nitrogens is 1. The van der Waals surface area contributed by atoms with Crippen molar-refractivity contribution in [3.05, 3.63) is 42.2 Å². The van der Waals surface area contributed by atoms with Gasteiger partial charge in [0.05, 0.1) is 19.0 Å². The fourth-order valence-electron chi connectivity index (χ4n) is 3.12. The number of likely N-dealkylation sites (tertiary alicyclic amines) is 1. The summed E-state index contributed by atoms with van der Waals surface area (Å²) in [7, 11) is 1.70. The van der Waals surface area contributed by atoms with Gasteiger partial charge in [-0.25, -0.2) is 4.79 Å². The normalized spacial score (nSPS) is 17.8. The van der Waals surface area contributed by atoms with Gasteiger partial charge in [-0.1, -0.05) is 18.2 Å². The minimum Gasteiger partial charge on any atom is -0.496 e. The lowest BCUT2D eigenvalue weighted by Crippen LogP contribution is -2.42. The maximum Gasteiger partial charge on any atom is 0.321 e. The van der Waals surface area contributed by atoms with Gasteiger partial charge < -0.3 is 15.0 Å². The molecule has 1 fully saturated rings. The molecule has 1 aliphatic rings. The largest absolute Gasteiger partial charge is 0.496 e. The molecule has 0 saturated carbocycles. The average molecular weight is 314 g/mol. The van der Waals surface area contributed by atoms with E-state index >= 15 is 0 Å². The maximum absolute atomic E-state index is 12.3. The lowest BCUT2D eigenvalue weighted by atomic mass is 9.91. The third kappa shape index (κ3) is 3.83. The summed E-state index contributed by atoms with van der Waals surface area (Å²) < 4.78 is 5.43. The van der Waals surface area contributed by atoms with E-state index in [-0.39, 0.29) is 6.03 Å². The summed E-state index contributed by atoms with van der Waals surface area (Å²) in [5.41, 5.74) is 1.90. The van der Waals surface area contributed by atoms with Crippen LogP contribution in [0.5, 0.6) is 5.75 Å². The Morgan fingerprint density at radius 2 is 2.35 bits per heavy atom. The summed E-state index contributed by atoms with van der Waals surface area (Å²) in [4.78, 5) is 14.2. The molecule has 1 aromatic heterocycles. The number of urea groups is 1. The zero-order valence-electron chi connectivity index (χ0n) is 13.3. The number of hydrogen-bond donors (Lipinski definition) is 2. The van der Waals surface area contributed by atoms with E-state index in [9.17, 15) is 4.79 Å². The molecule has 1 saturated heterocycles. The zero-order chi connectivity index (χ0) is 16.1. The number of benzene rings is 1. The van der Waals surface area contributed by atoms with Crippen molar-refractivity contribution >= 4 is 11.7 Å². The van der Waals surface area contributed by atoms with Crippen molar-refractivity contribution in [3.8, 4) is 5.75 Å². The van der Waals surface area contributed by atoms with Crippen molar-refractivity contribution in [2.45, 2.75) is 19.3 Å². The summed E-state index contributed by atoms with van der Waals surface area (Å²) >= 11 is 0. The molecule has 23 heavy (non-hydrogen) atoms. The number of carbonyl (C=O) groups is 1. The van der Waals surface area contributed by atoms with Crippen LogP contribution in [-0.4, -0.2) is 41.3 Å². The summed E-state index contributed by atoms with van der Waals surface area (Å²) in [6, 6.07) is 8.04. The predicted octanol–water partition coefficient (Wildman–Crippen LogP) is 2.90. The molecule has 3 rings (SSSR count). The van der Waals surface area contributed by atoms with Gasteiger partial charge in [-0.2, -0.15) is 5.10 Å². The van der Waals surface area contributed by atoms with Gasteiger partial charge in [-0.05, 0) is 36.8 Å². The molecule has 6 heteroatoms. The number of rotatable bonds is 4. The number of hydrogen-bond acceptors (Lipinski definition) is 3. The summed E-state index contributed by atoms with van der Waals surface area (Å²) in [6.45, 7) is 1.56. The van der Waals surface area contributed by atoms with Crippen molar-refractivity contribution < 1.29 is 9.53 Å². The van der Waals surface area contributed by atoms with Gasteiger partial charge >= 0.3 is 6.03 Å². The van der Waals surface area contributed by atoms with Crippen LogP contribution in [0, 0.1) is 5.92 Å². The molecule has 6 nitrogen and oxygen atoms in total. The third-order valence-electron chi connectivity index (χ3n) is 4.26. The quantitative estimate of drug-likeness (QED) is 0.911. The first-order valence-electron chi connectivity index (χ1n) is 7.93. The van der Waals surface area contributed by atoms with Crippen LogP contribution in [0.25, 0.3) is 0 Å². The first-order chi connectivity index (χ1) is 11.3. The number of methoxy groups -OCH3 is 1. The van der Waals surface area contributed by atoms with Crippen LogP contribution < -0.4 is 10.1 Å². The smallest absolute Gasteiger partial charge is 0.321 e. The van der Waals surface area contributed by atoms with Gasteiger partial charge in [0.1, 0.15) is 5.75 Å². The van der Waals surface area contributed by atoms with Crippen molar-refractivity contribution in [1.29, 1.82) is 0 Å². The molecule has 1 atom stereocenters. The molecule has 2 N–H and O–H groups in total. The van der Waals surface area contributed by atoms with Crippen molar-refractivity contribution in [2.24, 2.45) is 5.92 Å². The van der Waals surface area contributed by atoms with Crippen LogP contribution in [0.15, 0.2) is 36.7 Å². The number of aromatic amines is 1. The van der Waals surface area contributed by atoms with Gasteiger partial charge in [0.2, 0.25) is 0 Å². The predicted molar refractivity (Wildman–Crippen MR) is 88.6 cm³/mol. The van der Waals surface area contributed by atoms with Gasteiger partial charge in [-0.3, -0.25) is 5.10 Å². The van der Waals surface area contributed by atoms with E-state index in [2.05, 4.69) is 21.6 Å². The average Bonchev–Trinajstić information content (AvgIpc) is 3.08. The number of nitrogens with one attached hydrogen (secondary N) is 2. The molecule has 0 bridgehead atoms. The molecule has 0 aliphatic carbocycles. The Bertz CT molecular complexity index is 642. The molecule has 2 amide bonds. The highest BCUT2D eigenvalue weighted by Crippen LogP contribution is 2.26. The second kappa shape index (κ2) is 7.17. The van der Waals surface area contributed by atoms with E-state index in [1.165, 1.54) is 5.56 Å². The molecule has 1 aliphatic heterocycles. The standard InChI is InChI=1S/C17H22N4O2/c1-23-16-7-3-2-6-14(16)9-13-5-4-8-21(12-13)17(22)20-15-10-18-19-11-15/h2-3,6-7,10-11,13H,4-5,8-9,12H2,1H3,(H,18,19)(H,20,22). The molecule has 2 aromatic rings. The number of carbonyl (C=O) groups excluding carboxylic acids is 1. The minimum absolute atomic E-state index is 0.0591. The van der Waals surface area contributed by atoms with Gasteiger partial charge in [0.25, 0.3) is 0 Å². The third-order valence-corrected chi connectivity index (χ3v) is 4.26. The van der Waals surface area contributed by atoms with Crippen molar-refractivity contribution in [3.63, 3.8) is 0 Å². The summed E-state index contributed by atoms with van der Waals surface area (Å²) in [5.74, 6) is 1.38. The molecule has 0 radical (unpaired) electrons. The van der Waals surface area contributed by atoms with Crippen LogP contribution in [0.2, 0.25) is 0 Å². The fraction of sp³-hybridized carbons (Fsp3) is 0.412. The highest BCUT2D eigenvalue weighted by Gasteiger charge is 2.24. The SMILES string of the molecule is COc1ccccc1CC1CCCN(C(=O)Nc2cn[nH]c2)C1. The molecule has 1 unspecified atom stereocenters. The molecular formula is C17H22N4O2. The van der Waals surface area contributed by atoms with Crippen LogP contribution >= 0.6 is 0 Å². The number of ether oxygens (including phenoxy) is 1. The van der Waals surface area contributed by atoms with Crippen molar-refractivity contribution in [2.75, 3.05) is 25.5 Å². The van der Waals surface area contributed by atoms with Crippen LogP contribution in [0.3, 0.4) is 0 Å². The topological polar surface area (TPSA) is 70.2 Å². The van der Waals surface area contributed by atoms with E-state index in [4.69, 9.17) is 4.74 Å². The van der Waals surface area contributed by atoms with Gasteiger partial charge in [-0.15, -0.1) is 0 Å². The molecule has 1 aromatic carbocycles. The monoisotopic (exact) mass is 314 g/mol. The van der Waals surface area contributed by atoms with Crippen LogP contribution in [0.1, 0.15) is 18.4 Å². The van der Waals surface area contributed by atoms with Gasteiger partial charge in [0, 0.05) is 19.3 Å². The zero-order valence-corrected chi connectivity index (χ0v) is 13.3. The second-order valence-corrected chi connectivity index (χ2v) is 5.89.